The highest BCUT2D eigenvalue weighted by atomic mass is 16.5. The smallest absolute Gasteiger partial charge is 0.342 e. The van der Waals surface area contributed by atoms with Crippen molar-refractivity contribution in [2.75, 3.05) is 6.61 Å². The standard InChI is InChI=1S/C20H15NO4/c1-2-25-20(24)17(19(23)16-6-4-3-5-7-16)12-18(22)15-10-8-14(13-21)9-11-15/h3-12H,2H2,1H3/b17-12+. The molecule has 0 N–H and O–H groups in total. The quantitative estimate of drug-likeness (QED) is 0.267. The van der Waals surface area contributed by atoms with Crippen LogP contribution in [0.15, 0.2) is 66.2 Å². The van der Waals surface area contributed by atoms with E-state index in [1.54, 1.807) is 37.3 Å². The van der Waals surface area contributed by atoms with Crippen LogP contribution in [0.2, 0.25) is 0 Å². The van der Waals surface area contributed by atoms with Crippen molar-refractivity contribution < 1.29 is 19.1 Å². The van der Waals surface area contributed by atoms with E-state index in [0.29, 0.717) is 5.56 Å². The maximum atomic E-state index is 12.6. The molecule has 0 aliphatic rings. The number of hydrogen-bond acceptors (Lipinski definition) is 5. The highest BCUT2D eigenvalue weighted by Gasteiger charge is 2.22. The van der Waals surface area contributed by atoms with Crippen LogP contribution in [0.5, 0.6) is 0 Å². The van der Waals surface area contributed by atoms with E-state index in [9.17, 15) is 14.4 Å². The predicted octanol–water partition coefficient (Wildman–Crippen LogP) is 3.11. The van der Waals surface area contributed by atoms with Crippen LogP contribution in [-0.2, 0) is 9.53 Å². The molecule has 0 radical (unpaired) electrons. The molecule has 0 heterocycles. The largest absolute Gasteiger partial charge is 0.462 e. The Morgan fingerprint density at radius 1 is 1.00 bits per heavy atom. The average Bonchev–Trinajstić information content (AvgIpc) is 2.66. The molecule has 0 fully saturated rings. The van der Waals surface area contributed by atoms with Gasteiger partial charge in [-0.2, -0.15) is 5.26 Å². The molecule has 0 atom stereocenters. The van der Waals surface area contributed by atoms with Gasteiger partial charge in [-0.3, -0.25) is 9.59 Å². The summed E-state index contributed by atoms with van der Waals surface area (Å²) in [5, 5.41) is 8.79. The minimum absolute atomic E-state index is 0.0866. The van der Waals surface area contributed by atoms with Gasteiger partial charge < -0.3 is 4.74 Å². The van der Waals surface area contributed by atoms with E-state index >= 15 is 0 Å². The van der Waals surface area contributed by atoms with Gasteiger partial charge in [0, 0.05) is 17.2 Å². The molecule has 124 valence electrons. The number of hydrogen-bond donors (Lipinski definition) is 0. The SMILES string of the molecule is CCOC(=O)/C(=C/C(=O)c1ccc(C#N)cc1)C(=O)c1ccccc1. The molecule has 2 rings (SSSR count). The number of nitrogens with zero attached hydrogens (tertiary/aromatic N) is 1. The molecule has 2 aromatic rings. The van der Waals surface area contributed by atoms with Crippen molar-refractivity contribution in [3.63, 3.8) is 0 Å². The molecule has 5 nitrogen and oxygen atoms in total. The summed E-state index contributed by atoms with van der Waals surface area (Å²) in [4.78, 5) is 37.1. The van der Waals surface area contributed by atoms with Crippen molar-refractivity contribution in [2.45, 2.75) is 6.92 Å². The van der Waals surface area contributed by atoms with Gasteiger partial charge in [0.25, 0.3) is 0 Å². The molecule has 5 heteroatoms. The van der Waals surface area contributed by atoms with Crippen LogP contribution in [0.1, 0.15) is 33.2 Å². The Morgan fingerprint density at radius 2 is 1.64 bits per heavy atom. The van der Waals surface area contributed by atoms with Crippen LogP contribution in [0.3, 0.4) is 0 Å². The van der Waals surface area contributed by atoms with Crippen molar-refractivity contribution in [3.05, 3.63) is 82.9 Å². The topological polar surface area (TPSA) is 84.2 Å². The van der Waals surface area contributed by atoms with Crippen LogP contribution in [-0.4, -0.2) is 24.1 Å². The Kier molecular flexibility index (Phi) is 5.97. The third-order valence-electron chi connectivity index (χ3n) is 3.35. The lowest BCUT2D eigenvalue weighted by molar-refractivity contribution is -0.138. The summed E-state index contributed by atoms with van der Waals surface area (Å²) in [7, 11) is 0. The molecule has 0 aromatic heterocycles. The van der Waals surface area contributed by atoms with Gasteiger partial charge in [-0.05, 0) is 31.2 Å². The van der Waals surface area contributed by atoms with Crippen molar-refractivity contribution >= 4 is 17.5 Å². The number of carbonyl (C=O) groups excluding carboxylic acids is 3. The summed E-state index contributed by atoms with van der Waals surface area (Å²) in [6, 6.07) is 16.1. The first-order valence-electron chi connectivity index (χ1n) is 7.60. The Morgan fingerprint density at radius 3 is 2.20 bits per heavy atom. The third kappa shape index (κ3) is 4.49. The average molecular weight is 333 g/mol. The van der Waals surface area contributed by atoms with E-state index in [-0.39, 0.29) is 23.3 Å². The molecule has 0 saturated carbocycles. The minimum atomic E-state index is -0.849. The monoisotopic (exact) mass is 333 g/mol. The third-order valence-corrected chi connectivity index (χ3v) is 3.35. The summed E-state index contributed by atoms with van der Waals surface area (Å²) in [5.41, 5.74) is 0.630. The molecule has 0 amide bonds. The highest BCUT2D eigenvalue weighted by Crippen LogP contribution is 2.13. The highest BCUT2D eigenvalue weighted by molar-refractivity contribution is 6.27. The molecule has 0 unspecified atom stereocenters. The maximum absolute atomic E-state index is 12.6. The molecule has 2 aromatic carbocycles. The minimum Gasteiger partial charge on any atom is -0.462 e. The van der Waals surface area contributed by atoms with Crippen molar-refractivity contribution in [1.29, 1.82) is 5.26 Å². The van der Waals surface area contributed by atoms with Crippen molar-refractivity contribution in [2.24, 2.45) is 0 Å². The van der Waals surface area contributed by atoms with E-state index < -0.39 is 17.5 Å². The van der Waals surface area contributed by atoms with E-state index in [1.165, 1.54) is 24.3 Å². The fraction of sp³-hybridized carbons (Fsp3) is 0.100. The van der Waals surface area contributed by atoms with E-state index in [2.05, 4.69) is 0 Å². The fourth-order valence-electron chi connectivity index (χ4n) is 2.09. The Labute approximate surface area is 145 Å². The van der Waals surface area contributed by atoms with E-state index in [1.807, 2.05) is 6.07 Å². The molecule has 0 aliphatic heterocycles. The number of Topliss-reactive ketones (excluding diaryl/α,β-unsaturated/α-hetero) is 1. The number of ether oxygens (including phenoxy) is 1. The van der Waals surface area contributed by atoms with Crippen LogP contribution in [0.25, 0.3) is 0 Å². The number of benzene rings is 2. The summed E-state index contributed by atoms with van der Waals surface area (Å²) in [5.74, 6) is -1.95. The normalized spacial score (nSPS) is 10.6. The van der Waals surface area contributed by atoms with Crippen LogP contribution in [0, 0.1) is 11.3 Å². The first-order chi connectivity index (χ1) is 12.1. The Balaban J connectivity index is 2.38. The zero-order chi connectivity index (χ0) is 18.2. The van der Waals surface area contributed by atoms with Crippen LogP contribution >= 0.6 is 0 Å². The molecular weight excluding hydrogens is 318 g/mol. The van der Waals surface area contributed by atoms with E-state index in [0.717, 1.165) is 6.08 Å². The zero-order valence-electron chi connectivity index (χ0n) is 13.6. The molecule has 0 saturated heterocycles. The second kappa shape index (κ2) is 8.37. The number of nitriles is 1. The van der Waals surface area contributed by atoms with Gasteiger partial charge in [-0.25, -0.2) is 4.79 Å². The lowest BCUT2D eigenvalue weighted by atomic mass is 10.00. The molecule has 0 bridgehead atoms. The van der Waals surface area contributed by atoms with Gasteiger partial charge >= 0.3 is 5.97 Å². The summed E-state index contributed by atoms with van der Waals surface area (Å²) in [6.07, 6.45) is 0.981. The first-order valence-corrected chi connectivity index (χ1v) is 7.60. The first kappa shape index (κ1) is 17.8. The second-order valence-corrected chi connectivity index (χ2v) is 5.03. The van der Waals surface area contributed by atoms with Crippen molar-refractivity contribution in [1.82, 2.24) is 0 Å². The number of ketones is 2. The van der Waals surface area contributed by atoms with Gasteiger partial charge in [0.1, 0.15) is 5.57 Å². The lowest BCUT2D eigenvalue weighted by Gasteiger charge is -2.06. The van der Waals surface area contributed by atoms with Gasteiger partial charge in [0.05, 0.1) is 18.2 Å². The zero-order valence-corrected chi connectivity index (χ0v) is 13.6. The Hall–Kier alpha value is -3.52. The van der Waals surface area contributed by atoms with E-state index in [4.69, 9.17) is 10.00 Å². The van der Waals surface area contributed by atoms with Gasteiger partial charge in [0.15, 0.2) is 11.6 Å². The predicted molar refractivity (Wildman–Crippen MR) is 91.0 cm³/mol. The van der Waals surface area contributed by atoms with Crippen LogP contribution in [0.4, 0.5) is 0 Å². The summed E-state index contributed by atoms with van der Waals surface area (Å²) in [6.45, 7) is 1.70. The Bertz CT molecular complexity index is 859. The number of rotatable bonds is 6. The number of esters is 1. The van der Waals surface area contributed by atoms with Crippen LogP contribution < -0.4 is 0 Å². The summed E-state index contributed by atoms with van der Waals surface area (Å²) < 4.78 is 4.90. The fourth-order valence-corrected chi connectivity index (χ4v) is 2.09. The number of allylic oxidation sites excluding steroid dienone is 1. The second-order valence-electron chi connectivity index (χ2n) is 5.03. The molecule has 25 heavy (non-hydrogen) atoms. The van der Waals surface area contributed by atoms with Gasteiger partial charge in [-0.1, -0.05) is 30.3 Å². The molecular formula is C20H15NO4. The molecule has 0 spiro atoms. The van der Waals surface area contributed by atoms with Gasteiger partial charge in [-0.15, -0.1) is 0 Å². The molecule has 0 aliphatic carbocycles. The lowest BCUT2D eigenvalue weighted by Crippen LogP contribution is -2.18. The van der Waals surface area contributed by atoms with Gasteiger partial charge in [0.2, 0.25) is 0 Å². The number of carbonyl (C=O) groups is 3. The summed E-state index contributed by atoms with van der Waals surface area (Å²) >= 11 is 0. The van der Waals surface area contributed by atoms with Crippen molar-refractivity contribution in [3.8, 4) is 6.07 Å². The maximum Gasteiger partial charge on any atom is 0.342 e.